The lowest BCUT2D eigenvalue weighted by Crippen LogP contribution is -2.57. The maximum Gasteiger partial charge on any atom is 0.408 e. The van der Waals surface area contributed by atoms with E-state index in [1.54, 1.807) is 58.6 Å². The first-order chi connectivity index (χ1) is 25.1. The Morgan fingerprint density at radius 2 is 1.30 bits per heavy atom. The van der Waals surface area contributed by atoms with Crippen molar-refractivity contribution in [2.75, 3.05) is 0 Å². The number of phenols is 1. The molecular weight excluding hydrogens is 682 g/mol. The van der Waals surface area contributed by atoms with Gasteiger partial charge in [0.2, 0.25) is 11.8 Å². The van der Waals surface area contributed by atoms with Crippen LogP contribution in [-0.4, -0.2) is 63.2 Å². The highest BCUT2D eigenvalue weighted by molar-refractivity contribution is 5.94. The summed E-state index contributed by atoms with van der Waals surface area (Å²) in [5, 5.41) is 15.8. The summed E-state index contributed by atoms with van der Waals surface area (Å²) < 4.78 is 11.4. The first-order valence-electron chi connectivity index (χ1n) is 18.9. The SMILES string of the molecule is Cc1ccc(C)c(C(C(=O)NC(Cc2ccccc2)C(=O)OC(C)(C)C)N(C(=O)C(Cc2ccc(O)cc2)NC(=O)OC(C)(C)C)C(C)CCC(C)C)c1. The number of hydrogen-bond acceptors (Lipinski definition) is 7. The van der Waals surface area contributed by atoms with Crippen molar-refractivity contribution in [3.8, 4) is 5.75 Å². The second-order valence-electron chi connectivity index (χ2n) is 16.7. The molecule has 0 aliphatic rings. The summed E-state index contributed by atoms with van der Waals surface area (Å²) in [5.41, 5.74) is 2.12. The third-order valence-electron chi connectivity index (χ3n) is 8.80. The number of carbonyl (C=O) groups excluding carboxylic acids is 4. The molecule has 0 saturated heterocycles. The van der Waals surface area contributed by atoms with Crippen LogP contribution in [0.4, 0.5) is 4.79 Å². The number of nitrogens with one attached hydrogen (secondary N) is 2. The van der Waals surface area contributed by atoms with Gasteiger partial charge in [0.1, 0.15) is 35.1 Å². The van der Waals surface area contributed by atoms with Gasteiger partial charge in [0.05, 0.1) is 0 Å². The zero-order valence-electron chi connectivity index (χ0n) is 34.0. The Balaban J connectivity index is 2.23. The van der Waals surface area contributed by atoms with Crippen molar-refractivity contribution in [1.29, 1.82) is 0 Å². The van der Waals surface area contributed by atoms with E-state index in [9.17, 15) is 14.7 Å². The molecule has 0 aromatic heterocycles. The Hall–Kier alpha value is -4.86. The fourth-order valence-corrected chi connectivity index (χ4v) is 6.15. The fraction of sp³-hybridized carbons (Fsp3) is 0.500. The van der Waals surface area contributed by atoms with Crippen LogP contribution < -0.4 is 10.6 Å². The van der Waals surface area contributed by atoms with E-state index in [0.29, 0.717) is 23.5 Å². The zero-order valence-corrected chi connectivity index (χ0v) is 34.0. The minimum Gasteiger partial charge on any atom is -0.508 e. The molecule has 3 aromatic carbocycles. The van der Waals surface area contributed by atoms with Crippen molar-refractivity contribution < 1.29 is 33.8 Å². The van der Waals surface area contributed by atoms with Crippen molar-refractivity contribution in [3.63, 3.8) is 0 Å². The second-order valence-corrected chi connectivity index (χ2v) is 16.7. The van der Waals surface area contributed by atoms with Gasteiger partial charge in [0.25, 0.3) is 0 Å². The second kappa shape index (κ2) is 18.9. The number of rotatable bonds is 15. The summed E-state index contributed by atoms with van der Waals surface area (Å²) in [5.74, 6) is -1.27. The third kappa shape index (κ3) is 13.8. The van der Waals surface area contributed by atoms with Crippen LogP contribution >= 0.6 is 0 Å². The van der Waals surface area contributed by atoms with Gasteiger partial charge in [-0.05, 0) is 115 Å². The van der Waals surface area contributed by atoms with Gasteiger partial charge in [-0.2, -0.15) is 0 Å². The van der Waals surface area contributed by atoms with Crippen molar-refractivity contribution in [2.45, 2.75) is 137 Å². The van der Waals surface area contributed by atoms with Gasteiger partial charge in [-0.15, -0.1) is 0 Å². The van der Waals surface area contributed by atoms with E-state index < -0.39 is 59.2 Å². The Morgan fingerprint density at radius 3 is 1.87 bits per heavy atom. The summed E-state index contributed by atoms with van der Waals surface area (Å²) in [6.07, 6.45) is 0.775. The molecule has 3 amide bonds. The largest absolute Gasteiger partial charge is 0.508 e. The number of aryl methyl sites for hydroxylation is 2. The summed E-state index contributed by atoms with van der Waals surface area (Å²) >= 11 is 0. The van der Waals surface area contributed by atoms with E-state index in [4.69, 9.17) is 9.47 Å². The highest BCUT2D eigenvalue weighted by Crippen LogP contribution is 2.31. The molecule has 0 radical (unpaired) electrons. The van der Waals surface area contributed by atoms with Crippen LogP contribution in [0.25, 0.3) is 0 Å². The molecule has 0 bridgehead atoms. The normalized spacial score (nSPS) is 14.0. The average Bonchev–Trinajstić information content (AvgIpc) is 3.06. The number of benzene rings is 3. The molecule has 294 valence electrons. The van der Waals surface area contributed by atoms with Gasteiger partial charge < -0.3 is 30.1 Å². The van der Waals surface area contributed by atoms with E-state index >= 15 is 9.59 Å². The van der Waals surface area contributed by atoms with Crippen LogP contribution in [-0.2, 0) is 36.7 Å². The first-order valence-corrected chi connectivity index (χ1v) is 18.9. The Kier molecular flexibility index (Phi) is 15.3. The smallest absolute Gasteiger partial charge is 0.408 e. The van der Waals surface area contributed by atoms with E-state index in [-0.39, 0.29) is 18.6 Å². The quantitative estimate of drug-likeness (QED) is 0.135. The number of carbonyl (C=O) groups is 4. The van der Waals surface area contributed by atoms with E-state index in [1.165, 1.54) is 12.1 Å². The summed E-state index contributed by atoms with van der Waals surface area (Å²) in [6, 6.07) is 17.6. The highest BCUT2D eigenvalue weighted by Gasteiger charge is 2.41. The molecule has 0 aliphatic heterocycles. The fourth-order valence-electron chi connectivity index (χ4n) is 6.15. The standard InChI is InChI=1S/C44H61N3O7/c1-28(2)17-20-31(5)47(40(50)36(46-42(52)54-44(9,10)11)26-33-21-23-34(48)24-22-33)38(35-25-29(3)18-19-30(35)4)39(49)45-37(41(51)53-43(6,7)8)27-32-15-13-12-14-16-32/h12-16,18-19,21-25,28,31,36-38,48H,17,20,26-27H2,1-11H3,(H,45,49)(H,46,52). The lowest BCUT2D eigenvalue weighted by atomic mass is 9.92. The van der Waals surface area contributed by atoms with Gasteiger partial charge in [-0.25, -0.2) is 9.59 Å². The van der Waals surface area contributed by atoms with Crippen molar-refractivity contribution in [3.05, 3.63) is 101 Å². The van der Waals surface area contributed by atoms with Crippen molar-refractivity contribution in [2.24, 2.45) is 5.92 Å². The topological polar surface area (TPSA) is 134 Å². The number of ether oxygens (including phenoxy) is 2. The van der Waals surface area contributed by atoms with E-state index in [0.717, 1.165) is 23.1 Å². The molecule has 3 aromatic rings. The molecule has 0 fully saturated rings. The maximum absolute atomic E-state index is 15.3. The molecule has 3 rings (SSSR count). The van der Waals surface area contributed by atoms with Gasteiger partial charge in [-0.3, -0.25) is 9.59 Å². The van der Waals surface area contributed by atoms with Crippen LogP contribution in [0.2, 0.25) is 0 Å². The molecule has 0 heterocycles. The van der Waals surface area contributed by atoms with Crippen LogP contribution in [0.15, 0.2) is 72.8 Å². The monoisotopic (exact) mass is 743 g/mol. The van der Waals surface area contributed by atoms with Gasteiger partial charge >= 0.3 is 12.1 Å². The summed E-state index contributed by atoms with van der Waals surface area (Å²) in [4.78, 5) is 59.0. The number of aromatic hydroxyl groups is 1. The molecule has 0 spiro atoms. The highest BCUT2D eigenvalue weighted by atomic mass is 16.6. The maximum atomic E-state index is 15.3. The molecule has 10 heteroatoms. The number of nitrogens with zero attached hydrogens (tertiary/aromatic N) is 1. The lowest BCUT2D eigenvalue weighted by Gasteiger charge is -2.40. The molecule has 4 atom stereocenters. The number of alkyl carbamates (subject to hydrolysis) is 1. The lowest BCUT2D eigenvalue weighted by molar-refractivity contribution is -0.159. The average molecular weight is 744 g/mol. The zero-order chi connectivity index (χ0) is 40.4. The number of amides is 3. The molecule has 0 aliphatic carbocycles. The van der Waals surface area contributed by atoms with Crippen LogP contribution in [0, 0.1) is 19.8 Å². The minimum atomic E-state index is -1.19. The minimum absolute atomic E-state index is 0.0570. The number of esters is 1. The molecule has 0 saturated carbocycles. The summed E-state index contributed by atoms with van der Waals surface area (Å²) in [6.45, 7) is 20.4. The van der Waals surface area contributed by atoms with Gasteiger partial charge in [0.15, 0.2) is 0 Å². The molecule has 3 N–H and O–H groups in total. The van der Waals surface area contributed by atoms with E-state index in [2.05, 4.69) is 24.5 Å². The van der Waals surface area contributed by atoms with Crippen LogP contribution in [0.1, 0.15) is 109 Å². The molecule has 10 nitrogen and oxygen atoms in total. The van der Waals surface area contributed by atoms with Crippen LogP contribution in [0.3, 0.4) is 0 Å². The third-order valence-corrected chi connectivity index (χ3v) is 8.80. The van der Waals surface area contributed by atoms with E-state index in [1.807, 2.05) is 69.3 Å². The predicted octanol–water partition coefficient (Wildman–Crippen LogP) is 7.91. The predicted molar refractivity (Wildman–Crippen MR) is 212 cm³/mol. The van der Waals surface area contributed by atoms with Gasteiger partial charge in [-0.1, -0.05) is 80.1 Å². The van der Waals surface area contributed by atoms with Crippen LogP contribution in [0.5, 0.6) is 5.75 Å². The number of phenolic OH excluding ortho intramolecular Hbond substituents is 1. The molecule has 54 heavy (non-hydrogen) atoms. The Labute approximate surface area is 322 Å². The first kappa shape index (κ1) is 43.5. The number of hydrogen-bond donors (Lipinski definition) is 3. The Bertz CT molecular complexity index is 1710. The summed E-state index contributed by atoms with van der Waals surface area (Å²) in [7, 11) is 0. The molecule has 4 unspecified atom stereocenters. The van der Waals surface area contributed by atoms with Gasteiger partial charge in [0, 0.05) is 18.9 Å². The Morgan fingerprint density at radius 1 is 0.722 bits per heavy atom. The van der Waals surface area contributed by atoms with Crippen molar-refractivity contribution in [1.82, 2.24) is 15.5 Å². The molecular formula is C44H61N3O7. The van der Waals surface area contributed by atoms with Crippen molar-refractivity contribution >= 4 is 23.9 Å².